The monoisotopic (exact) mass is 236 g/mol. The predicted octanol–water partition coefficient (Wildman–Crippen LogP) is 2.91. The zero-order chi connectivity index (χ0) is 9.78. The van der Waals surface area contributed by atoms with Crippen LogP contribution in [0.4, 0.5) is 0 Å². The lowest BCUT2D eigenvalue weighted by Gasteiger charge is -2.28. The van der Waals surface area contributed by atoms with Crippen LogP contribution in [-0.4, -0.2) is 16.4 Å². The molecule has 3 heteroatoms. The highest BCUT2D eigenvalue weighted by molar-refractivity contribution is 9.09. The van der Waals surface area contributed by atoms with Gasteiger partial charge < -0.3 is 5.11 Å². The molecule has 1 N–H and O–H groups in total. The summed E-state index contributed by atoms with van der Waals surface area (Å²) in [4.78, 5) is 10.9. The molecule has 0 spiro atoms. The van der Waals surface area contributed by atoms with Crippen LogP contribution in [0.2, 0.25) is 0 Å². The van der Waals surface area contributed by atoms with Gasteiger partial charge in [-0.05, 0) is 26.2 Å². The smallest absolute Gasteiger partial charge is 0.309 e. The molecule has 72 valence electrons. The third-order valence-corrected chi connectivity index (χ3v) is 2.98. The van der Waals surface area contributed by atoms with Crippen LogP contribution >= 0.6 is 15.9 Å². The summed E-state index contributed by atoms with van der Waals surface area (Å²) < 4.78 is 0. The van der Waals surface area contributed by atoms with E-state index in [0.29, 0.717) is 0 Å². The third-order valence-electron chi connectivity index (χ3n) is 2.52. The SMILES string of the molecule is CCC(CCBr)C(C)(C)C(=O)O. The quantitative estimate of drug-likeness (QED) is 0.746. The van der Waals surface area contributed by atoms with E-state index in [1.54, 1.807) is 13.8 Å². The van der Waals surface area contributed by atoms with E-state index in [1.165, 1.54) is 0 Å². The molecule has 0 aliphatic heterocycles. The first-order valence-corrected chi connectivity index (χ1v) is 5.38. The van der Waals surface area contributed by atoms with Gasteiger partial charge in [0.2, 0.25) is 0 Å². The lowest BCUT2D eigenvalue weighted by atomic mass is 9.76. The first-order valence-electron chi connectivity index (χ1n) is 4.26. The van der Waals surface area contributed by atoms with Gasteiger partial charge in [0, 0.05) is 5.33 Å². The Labute approximate surface area is 82.5 Å². The van der Waals surface area contributed by atoms with E-state index in [-0.39, 0.29) is 5.92 Å². The van der Waals surface area contributed by atoms with Gasteiger partial charge in [-0.1, -0.05) is 29.3 Å². The number of halogens is 1. The average Bonchev–Trinajstić information content (AvgIpc) is 1.99. The van der Waals surface area contributed by atoms with E-state index in [2.05, 4.69) is 15.9 Å². The molecule has 0 heterocycles. The first kappa shape index (κ1) is 11.9. The second-order valence-corrected chi connectivity index (χ2v) is 4.40. The van der Waals surface area contributed by atoms with Crippen molar-refractivity contribution in [3.8, 4) is 0 Å². The molecule has 0 aromatic heterocycles. The average molecular weight is 237 g/mol. The fourth-order valence-corrected chi connectivity index (χ4v) is 1.93. The van der Waals surface area contributed by atoms with Gasteiger partial charge in [-0.25, -0.2) is 0 Å². The molecular weight excluding hydrogens is 220 g/mol. The van der Waals surface area contributed by atoms with E-state index in [1.807, 2.05) is 6.92 Å². The highest BCUT2D eigenvalue weighted by Crippen LogP contribution is 2.32. The van der Waals surface area contributed by atoms with Crippen LogP contribution < -0.4 is 0 Å². The van der Waals surface area contributed by atoms with Gasteiger partial charge >= 0.3 is 5.97 Å². The van der Waals surface area contributed by atoms with Gasteiger partial charge in [-0.15, -0.1) is 0 Å². The molecule has 0 aromatic rings. The number of alkyl halides is 1. The van der Waals surface area contributed by atoms with E-state index >= 15 is 0 Å². The van der Waals surface area contributed by atoms with Gasteiger partial charge in [0.25, 0.3) is 0 Å². The van der Waals surface area contributed by atoms with Gasteiger partial charge in [0.1, 0.15) is 0 Å². The topological polar surface area (TPSA) is 37.3 Å². The van der Waals surface area contributed by atoms with Gasteiger partial charge in [0.15, 0.2) is 0 Å². The van der Waals surface area contributed by atoms with E-state index in [4.69, 9.17) is 5.11 Å². The Hall–Kier alpha value is -0.0500. The zero-order valence-corrected chi connectivity index (χ0v) is 9.52. The lowest BCUT2D eigenvalue weighted by molar-refractivity contribution is -0.150. The number of hydrogen-bond acceptors (Lipinski definition) is 1. The van der Waals surface area contributed by atoms with Crippen LogP contribution in [-0.2, 0) is 4.79 Å². The van der Waals surface area contributed by atoms with Crippen molar-refractivity contribution in [1.82, 2.24) is 0 Å². The molecule has 1 atom stereocenters. The van der Waals surface area contributed by atoms with Gasteiger partial charge in [-0.2, -0.15) is 0 Å². The van der Waals surface area contributed by atoms with Crippen molar-refractivity contribution in [2.24, 2.45) is 11.3 Å². The standard InChI is InChI=1S/C9H17BrO2/c1-4-7(5-6-10)9(2,3)8(11)12/h7H,4-6H2,1-3H3,(H,11,12). The van der Waals surface area contributed by atoms with Crippen LogP contribution in [0.1, 0.15) is 33.6 Å². The van der Waals surface area contributed by atoms with E-state index in [9.17, 15) is 4.79 Å². The molecule has 0 amide bonds. The van der Waals surface area contributed by atoms with Crippen LogP contribution in [0.25, 0.3) is 0 Å². The fourth-order valence-electron chi connectivity index (χ4n) is 1.38. The highest BCUT2D eigenvalue weighted by atomic mass is 79.9. The Bertz CT molecular complexity index is 155. The molecular formula is C9H17BrO2. The largest absolute Gasteiger partial charge is 0.481 e. The molecule has 1 unspecified atom stereocenters. The minimum absolute atomic E-state index is 0.259. The molecule has 0 fully saturated rings. The first-order chi connectivity index (χ1) is 5.46. The van der Waals surface area contributed by atoms with Crippen molar-refractivity contribution in [3.05, 3.63) is 0 Å². The lowest BCUT2D eigenvalue weighted by Crippen LogP contribution is -2.32. The maximum absolute atomic E-state index is 10.9. The molecule has 0 aliphatic rings. The van der Waals surface area contributed by atoms with Crippen molar-refractivity contribution in [3.63, 3.8) is 0 Å². The van der Waals surface area contributed by atoms with Crippen LogP contribution in [0.3, 0.4) is 0 Å². The Morgan fingerprint density at radius 2 is 2.08 bits per heavy atom. The fraction of sp³-hybridized carbons (Fsp3) is 0.889. The summed E-state index contributed by atoms with van der Waals surface area (Å²) >= 11 is 3.34. The Kier molecular flexibility index (Phi) is 4.83. The number of rotatable bonds is 5. The maximum atomic E-state index is 10.9. The minimum Gasteiger partial charge on any atom is -0.481 e. The summed E-state index contributed by atoms with van der Waals surface area (Å²) in [5, 5.41) is 9.83. The number of aliphatic carboxylic acids is 1. The van der Waals surface area contributed by atoms with Crippen molar-refractivity contribution in [2.75, 3.05) is 5.33 Å². The summed E-state index contributed by atoms with van der Waals surface area (Å²) in [6, 6.07) is 0. The normalized spacial score (nSPS) is 14.3. The van der Waals surface area contributed by atoms with Crippen molar-refractivity contribution in [2.45, 2.75) is 33.6 Å². The number of hydrogen-bond donors (Lipinski definition) is 1. The molecule has 12 heavy (non-hydrogen) atoms. The molecule has 0 bridgehead atoms. The third kappa shape index (κ3) is 2.77. The Balaban J connectivity index is 4.36. The summed E-state index contributed by atoms with van der Waals surface area (Å²) in [7, 11) is 0. The Morgan fingerprint density at radius 1 is 1.58 bits per heavy atom. The van der Waals surface area contributed by atoms with Gasteiger partial charge in [0.05, 0.1) is 5.41 Å². The van der Waals surface area contributed by atoms with Crippen LogP contribution in [0.5, 0.6) is 0 Å². The highest BCUT2D eigenvalue weighted by Gasteiger charge is 2.34. The van der Waals surface area contributed by atoms with Crippen LogP contribution in [0, 0.1) is 11.3 Å². The molecule has 2 nitrogen and oxygen atoms in total. The number of carboxylic acids is 1. The molecule has 0 saturated carbocycles. The predicted molar refractivity (Wildman–Crippen MR) is 53.6 cm³/mol. The van der Waals surface area contributed by atoms with Crippen molar-refractivity contribution in [1.29, 1.82) is 0 Å². The summed E-state index contributed by atoms with van der Waals surface area (Å²) in [6.07, 6.45) is 1.85. The molecule has 0 aromatic carbocycles. The maximum Gasteiger partial charge on any atom is 0.309 e. The minimum atomic E-state index is -0.699. The summed E-state index contributed by atoms with van der Waals surface area (Å²) in [5.74, 6) is -0.440. The van der Waals surface area contributed by atoms with E-state index in [0.717, 1.165) is 18.2 Å². The van der Waals surface area contributed by atoms with E-state index < -0.39 is 11.4 Å². The second kappa shape index (κ2) is 4.85. The molecule has 0 aliphatic carbocycles. The number of carbonyl (C=O) groups is 1. The molecule has 0 radical (unpaired) electrons. The Morgan fingerprint density at radius 3 is 2.33 bits per heavy atom. The second-order valence-electron chi connectivity index (χ2n) is 3.61. The van der Waals surface area contributed by atoms with Crippen molar-refractivity contribution >= 4 is 21.9 Å². The molecule has 0 rings (SSSR count). The summed E-state index contributed by atoms with van der Waals surface area (Å²) in [5.41, 5.74) is -0.595. The summed E-state index contributed by atoms with van der Waals surface area (Å²) in [6.45, 7) is 5.64. The zero-order valence-electron chi connectivity index (χ0n) is 7.93. The van der Waals surface area contributed by atoms with Crippen molar-refractivity contribution < 1.29 is 9.90 Å². The van der Waals surface area contributed by atoms with Gasteiger partial charge in [-0.3, -0.25) is 4.79 Å². The van der Waals surface area contributed by atoms with Crippen LogP contribution in [0.15, 0.2) is 0 Å². The molecule has 0 saturated heterocycles. The number of carboxylic acid groups (broad SMARTS) is 1.